The number of carbonyl (C=O) groups is 2. The second-order valence-electron chi connectivity index (χ2n) is 4.42. The van der Waals surface area contributed by atoms with Gasteiger partial charge in [0, 0.05) is 6.54 Å². The van der Waals surface area contributed by atoms with Crippen LogP contribution in [0.3, 0.4) is 0 Å². The van der Waals surface area contributed by atoms with E-state index in [1.807, 2.05) is 19.1 Å². The highest BCUT2D eigenvalue weighted by molar-refractivity contribution is 14.1. The molecule has 0 bridgehead atoms. The number of hydrogen-bond donors (Lipinski definition) is 1. The van der Waals surface area contributed by atoms with E-state index in [9.17, 15) is 9.59 Å². The average molecular weight is 405 g/mol. The van der Waals surface area contributed by atoms with E-state index in [1.54, 1.807) is 19.1 Å². The van der Waals surface area contributed by atoms with Crippen LogP contribution in [0.5, 0.6) is 0 Å². The number of carbonyl (C=O) groups excluding carboxylic acids is 2. The van der Waals surface area contributed by atoms with Crippen molar-refractivity contribution in [2.24, 2.45) is 0 Å². The van der Waals surface area contributed by atoms with Gasteiger partial charge in [-0.15, -0.1) is 0 Å². The van der Waals surface area contributed by atoms with E-state index in [4.69, 9.17) is 9.47 Å². The van der Waals surface area contributed by atoms with Crippen molar-refractivity contribution in [1.29, 1.82) is 0 Å². The van der Waals surface area contributed by atoms with Gasteiger partial charge in [0.05, 0.1) is 19.3 Å². The molecule has 21 heavy (non-hydrogen) atoms. The molecule has 1 aromatic rings. The van der Waals surface area contributed by atoms with Gasteiger partial charge in [0.25, 0.3) is 0 Å². The summed E-state index contributed by atoms with van der Waals surface area (Å²) in [5.74, 6) is -0.628. The lowest BCUT2D eigenvalue weighted by Crippen LogP contribution is -2.46. The molecule has 1 rings (SSSR count). The van der Waals surface area contributed by atoms with E-state index in [-0.39, 0.29) is 11.9 Å². The second kappa shape index (κ2) is 8.33. The molecule has 1 atom stereocenters. The number of methoxy groups -OCH3 is 1. The molecular formula is C15H20INO4. The van der Waals surface area contributed by atoms with Gasteiger partial charge in [-0.2, -0.15) is 0 Å². The second-order valence-corrected chi connectivity index (χ2v) is 6.26. The lowest BCUT2D eigenvalue weighted by molar-refractivity contribution is -0.144. The van der Waals surface area contributed by atoms with Crippen LogP contribution in [0.2, 0.25) is 0 Å². The molecule has 0 aliphatic carbocycles. The maximum atomic E-state index is 11.7. The van der Waals surface area contributed by atoms with E-state index in [2.05, 4.69) is 27.9 Å². The number of ether oxygens (including phenoxy) is 2. The summed E-state index contributed by atoms with van der Waals surface area (Å²) < 4.78 is 8.99. The standard InChI is InChI=1S/C15H20INO4/c1-4-15(16,14(19)20-3)17-10-11-6-8-12(9-7-11)13(18)21-5-2/h6-9,17H,4-5,10H2,1-3H3. The summed E-state index contributed by atoms with van der Waals surface area (Å²) in [7, 11) is 1.38. The van der Waals surface area contributed by atoms with Crippen molar-refractivity contribution >= 4 is 34.5 Å². The number of alkyl halides is 1. The van der Waals surface area contributed by atoms with Crippen LogP contribution in [0.1, 0.15) is 36.2 Å². The summed E-state index contributed by atoms with van der Waals surface area (Å²) in [5.41, 5.74) is 1.49. The minimum atomic E-state index is -0.744. The number of hydrogen-bond acceptors (Lipinski definition) is 5. The molecule has 116 valence electrons. The lowest BCUT2D eigenvalue weighted by atomic mass is 10.1. The molecule has 0 aliphatic heterocycles. The number of esters is 2. The van der Waals surface area contributed by atoms with Gasteiger partial charge in [-0.1, -0.05) is 19.1 Å². The Morgan fingerprint density at radius 2 is 1.86 bits per heavy atom. The maximum absolute atomic E-state index is 11.7. The summed E-state index contributed by atoms with van der Waals surface area (Å²) in [6.45, 7) is 4.55. The largest absolute Gasteiger partial charge is 0.467 e. The fourth-order valence-electron chi connectivity index (χ4n) is 1.72. The summed E-state index contributed by atoms with van der Waals surface area (Å²) >= 11 is 2.06. The predicted octanol–water partition coefficient (Wildman–Crippen LogP) is 2.67. The zero-order chi connectivity index (χ0) is 15.9. The van der Waals surface area contributed by atoms with Gasteiger partial charge in [0.15, 0.2) is 3.55 Å². The fraction of sp³-hybridized carbons (Fsp3) is 0.467. The van der Waals surface area contributed by atoms with Gasteiger partial charge >= 0.3 is 11.9 Å². The van der Waals surface area contributed by atoms with Gasteiger partial charge in [-0.3, -0.25) is 5.32 Å². The molecule has 0 amide bonds. The normalized spacial score (nSPS) is 13.3. The first-order chi connectivity index (χ1) is 9.96. The van der Waals surface area contributed by atoms with Gasteiger partial charge in [-0.25, -0.2) is 9.59 Å². The Hall–Kier alpha value is -1.15. The summed E-state index contributed by atoms with van der Waals surface area (Å²) in [6, 6.07) is 7.11. The molecule has 0 aliphatic rings. The van der Waals surface area contributed by atoms with Crippen LogP contribution in [0.4, 0.5) is 0 Å². The zero-order valence-electron chi connectivity index (χ0n) is 12.4. The zero-order valence-corrected chi connectivity index (χ0v) is 14.6. The first-order valence-electron chi connectivity index (χ1n) is 6.75. The van der Waals surface area contributed by atoms with E-state index in [1.165, 1.54) is 7.11 Å². The third kappa shape index (κ3) is 4.96. The van der Waals surface area contributed by atoms with Crippen LogP contribution >= 0.6 is 22.6 Å². The Labute approximate surface area is 138 Å². The smallest absolute Gasteiger partial charge is 0.338 e. The number of nitrogens with one attached hydrogen (secondary N) is 1. The van der Waals surface area contributed by atoms with Crippen molar-refractivity contribution in [1.82, 2.24) is 5.32 Å². The van der Waals surface area contributed by atoms with Crippen molar-refractivity contribution in [2.75, 3.05) is 13.7 Å². The van der Waals surface area contributed by atoms with Crippen LogP contribution < -0.4 is 5.32 Å². The van der Waals surface area contributed by atoms with Crippen LogP contribution in [-0.2, 0) is 20.8 Å². The Kier molecular flexibility index (Phi) is 7.10. The molecule has 1 unspecified atom stereocenters. The SMILES string of the molecule is CCOC(=O)c1ccc(CNC(I)(CC)C(=O)OC)cc1. The first-order valence-corrected chi connectivity index (χ1v) is 7.83. The van der Waals surface area contributed by atoms with Crippen LogP contribution in [-0.4, -0.2) is 29.2 Å². The Morgan fingerprint density at radius 1 is 1.24 bits per heavy atom. The molecule has 0 aromatic heterocycles. The average Bonchev–Trinajstić information content (AvgIpc) is 2.52. The molecule has 5 nitrogen and oxygen atoms in total. The van der Waals surface area contributed by atoms with Crippen LogP contribution in [0, 0.1) is 0 Å². The molecule has 1 aromatic carbocycles. The summed E-state index contributed by atoms with van der Waals surface area (Å²) in [5, 5.41) is 3.18. The van der Waals surface area contributed by atoms with E-state index < -0.39 is 3.55 Å². The van der Waals surface area contributed by atoms with Crippen molar-refractivity contribution in [3.63, 3.8) is 0 Å². The van der Waals surface area contributed by atoms with E-state index in [0.717, 1.165) is 5.56 Å². The highest BCUT2D eigenvalue weighted by Crippen LogP contribution is 2.22. The lowest BCUT2D eigenvalue weighted by Gasteiger charge is -2.24. The number of rotatable bonds is 7. The molecule has 0 saturated carbocycles. The topological polar surface area (TPSA) is 64.6 Å². The summed E-state index contributed by atoms with van der Waals surface area (Å²) in [4.78, 5) is 23.3. The molecule has 0 spiro atoms. The van der Waals surface area contributed by atoms with E-state index in [0.29, 0.717) is 25.1 Å². The van der Waals surface area contributed by atoms with Crippen molar-refractivity contribution in [3.05, 3.63) is 35.4 Å². The molecule has 0 radical (unpaired) electrons. The van der Waals surface area contributed by atoms with Crippen LogP contribution in [0.15, 0.2) is 24.3 Å². The molecule has 6 heteroatoms. The Balaban J connectivity index is 2.68. The quantitative estimate of drug-likeness (QED) is 0.327. The Bertz CT molecular complexity index is 489. The number of benzene rings is 1. The summed E-state index contributed by atoms with van der Waals surface area (Å²) in [6.07, 6.45) is 0.612. The third-order valence-corrected chi connectivity index (χ3v) is 4.62. The third-order valence-electron chi connectivity index (χ3n) is 3.03. The fourth-order valence-corrected chi connectivity index (χ4v) is 2.13. The minimum absolute atomic E-state index is 0.297. The van der Waals surface area contributed by atoms with Crippen molar-refractivity contribution in [3.8, 4) is 0 Å². The van der Waals surface area contributed by atoms with Crippen molar-refractivity contribution < 1.29 is 19.1 Å². The molecular weight excluding hydrogens is 385 g/mol. The molecule has 0 saturated heterocycles. The predicted molar refractivity (Wildman–Crippen MR) is 88.3 cm³/mol. The minimum Gasteiger partial charge on any atom is -0.467 e. The van der Waals surface area contributed by atoms with Gasteiger partial charge in [0.1, 0.15) is 0 Å². The van der Waals surface area contributed by atoms with Crippen LogP contribution in [0.25, 0.3) is 0 Å². The highest BCUT2D eigenvalue weighted by Gasteiger charge is 2.33. The van der Waals surface area contributed by atoms with Gasteiger partial charge < -0.3 is 9.47 Å². The molecule has 0 fully saturated rings. The van der Waals surface area contributed by atoms with Gasteiger partial charge in [-0.05, 0) is 53.6 Å². The Morgan fingerprint density at radius 3 is 2.33 bits per heavy atom. The van der Waals surface area contributed by atoms with Gasteiger partial charge in [0.2, 0.25) is 0 Å². The number of halogens is 1. The molecule has 1 N–H and O–H groups in total. The first kappa shape index (κ1) is 17.9. The monoisotopic (exact) mass is 405 g/mol. The maximum Gasteiger partial charge on any atom is 0.338 e. The highest BCUT2D eigenvalue weighted by atomic mass is 127. The van der Waals surface area contributed by atoms with E-state index >= 15 is 0 Å². The molecule has 0 heterocycles. The van der Waals surface area contributed by atoms with Crippen molar-refractivity contribution in [2.45, 2.75) is 30.4 Å².